The highest BCUT2D eigenvalue weighted by Gasteiger charge is 2.23. The van der Waals surface area contributed by atoms with Crippen LogP contribution in [0.15, 0.2) is 54.7 Å². The number of rotatable bonds is 6. The Kier molecular flexibility index (Phi) is 7.46. The van der Waals surface area contributed by atoms with Gasteiger partial charge in [-0.3, -0.25) is 4.79 Å². The molecule has 2 aromatic carbocycles. The number of carbonyl (C=O) groups excluding carboxylic acids is 1. The van der Waals surface area contributed by atoms with Gasteiger partial charge in [-0.25, -0.2) is 9.37 Å². The molecule has 178 valence electrons. The molecule has 1 fully saturated rings. The van der Waals surface area contributed by atoms with Crippen LogP contribution in [-0.2, 0) is 0 Å². The van der Waals surface area contributed by atoms with E-state index in [0.717, 1.165) is 31.2 Å². The monoisotopic (exact) mass is 483 g/mol. The minimum Gasteiger partial charge on any atom is -0.394 e. The van der Waals surface area contributed by atoms with Gasteiger partial charge in [0.2, 0.25) is 0 Å². The molecule has 1 aliphatic rings. The molecule has 5 N–H and O–H groups in total. The molecule has 4 rings (SSSR count). The van der Waals surface area contributed by atoms with E-state index in [9.17, 15) is 15.0 Å². The largest absolute Gasteiger partial charge is 0.394 e. The van der Waals surface area contributed by atoms with Crippen molar-refractivity contribution in [1.29, 1.82) is 0 Å². The van der Waals surface area contributed by atoms with Gasteiger partial charge >= 0.3 is 0 Å². The van der Waals surface area contributed by atoms with Crippen molar-refractivity contribution in [2.75, 3.05) is 12.3 Å². The Hall–Kier alpha value is -3.00. The molecule has 0 spiro atoms. The molecule has 1 atom stereocenters. The predicted octanol–water partition coefficient (Wildman–Crippen LogP) is 4.61. The second-order valence-corrected chi connectivity index (χ2v) is 9.10. The molecule has 0 saturated heterocycles. The van der Waals surface area contributed by atoms with Gasteiger partial charge in [0.05, 0.1) is 24.3 Å². The number of halogens is 2. The highest BCUT2D eigenvalue weighted by molar-refractivity contribution is 6.30. The maximum atomic E-state index is 15.0. The molecule has 8 heteroatoms. The number of aromatic nitrogens is 1. The zero-order valence-corrected chi connectivity index (χ0v) is 19.3. The number of carbonyl (C=O) groups is 1. The summed E-state index contributed by atoms with van der Waals surface area (Å²) in [6, 6.07) is 12.2. The first kappa shape index (κ1) is 24.1. The van der Waals surface area contributed by atoms with Crippen molar-refractivity contribution < 1.29 is 19.4 Å². The number of pyridine rings is 1. The van der Waals surface area contributed by atoms with E-state index in [-0.39, 0.29) is 30.0 Å². The van der Waals surface area contributed by atoms with Gasteiger partial charge in [-0.1, -0.05) is 29.8 Å². The summed E-state index contributed by atoms with van der Waals surface area (Å²) in [5.41, 5.74) is 8.68. The van der Waals surface area contributed by atoms with Gasteiger partial charge in [0.25, 0.3) is 5.91 Å². The van der Waals surface area contributed by atoms with Crippen LogP contribution in [0.3, 0.4) is 0 Å². The number of nitrogen functional groups attached to an aromatic ring is 1. The number of nitrogens with two attached hydrogens (primary N) is 1. The predicted molar refractivity (Wildman–Crippen MR) is 130 cm³/mol. The highest BCUT2D eigenvalue weighted by atomic mass is 35.5. The average molecular weight is 484 g/mol. The Labute approximate surface area is 202 Å². The van der Waals surface area contributed by atoms with E-state index >= 15 is 4.39 Å². The van der Waals surface area contributed by atoms with Crippen molar-refractivity contribution in [1.82, 2.24) is 10.3 Å². The van der Waals surface area contributed by atoms with Crippen LogP contribution in [0.1, 0.15) is 59.1 Å². The fraction of sp³-hybridized carbons (Fsp3) is 0.308. The average Bonchev–Trinajstić information content (AvgIpc) is 2.83. The maximum Gasteiger partial charge on any atom is 0.254 e. The molecule has 1 unspecified atom stereocenters. The van der Waals surface area contributed by atoms with Crippen molar-refractivity contribution in [2.24, 2.45) is 0 Å². The number of amides is 1. The third-order valence-corrected chi connectivity index (χ3v) is 6.61. The van der Waals surface area contributed by atoms with Crippen molar-refractivity contribution in [3.63, 3.8) is 0 Å². The normalized spacial score (nSPS) is 18.9. The maximum absolute atomic E-state index is 15.0. The van der Waals surface area contributed by atoms with E-state index in [2.05, 4.69) is 10.3 Å². The van der Waals surface area contributed by atoms with E-state index in [0.29, 0.717) is 21.7 Å². The molecular formula is C26H27ClFN3O3. The summed E-state index contributed by atoms with van der Waals surface area (Å²) >= 11 is 6.00. The van der Waals surface area contributed by atoms with Gasteiger partial charge in [-0.2, -0.15) is 0 Å². The standard InChI is InChI=1S/C26H27ClFN3O3/c27-19-3-1-2-17(10-19)24(14-32)31-26(34)21-9-6-16(12-23(21)28)22-11-18(13-30-25(22)29)15-4-7-20(33)8-5-15/h1-3,6,9-13,15,20,24,32-33H,4-5,7-8,14H2,(H2,29,30)(H,31,34). The molecule has 3 aromatic rings. The van der Waals surface area contributed by atoms with Gasteiger partial charge in [0.1, 0.15) is 11.6 Å². The molecular weight excluding hydrogens is 457 g/mol. The molecule has 1 aliphatic carbocycles. The van der Waals surface area contributed by atoms with Gasteiger partial charge in [-0.05, 0) is 78.6 Å². The molecule has 0 aliphatic heterocycles. The lowest BCUT2D eigenvalue weighted by Gasteiger charge is -2.26. The number of benzene rings is 2. The van der Waals surface area contributed by atoms with Gasteiger partial charge in [-0.15, -0.1) is 0 Å². The van der Waals surface area contributed by atoms with Crippen LogP contribution >= 0.6 is 11.6 Å². The summed E-state index contributed by atoms with van der Waals surface area (Å²) in [7, 11) is 0. The van der Waals surface area contributed by atoms with Crippen LogP contribution in [0.5, 0.6) is 0 Å². The van der Waals surface area contributed by atoms with E-state index in [1.807, 2.05) is 6.07 Å². The number of aliphatic hydroxyl groups excluding tert-OH is 2. The zero-order chi connectivity index (χ0) is 24.2. The first-order valence-electron chi connectivity index (χ1n) is 11.3. The van der Waals surface area contributed by atoms with Crippen LogP contribution in [0.4, 0.5) is 10.2 Å². The number of hydrogen-bond acceptors (Lipinski definition) is 5. The lowest BCUT2D eigenvalue weighted by Crippen LogP contribution is -2.31. The quantitative estimate of drug-likeness (QED) is 0.409. The second kappa shape index (κ2) is 10.5. The van der Waals surface area contributed by atoms with E-state index < -0.39 is 17.8 Å². The van der Waals surface area contributed by atoms with Crippen LogP contribution in [0.2, 0.25) is 5.02 Å². The van der Waals surface area contributed by atoms with Crippen LogP contribution in [-0.4, -0.2) is 33.8 Å². The Morgan fingerprint density at radius 1 is 1.18 bits per heavy atom. The van der Waals surface area contributed by atoms with E-state index in [4.69, 9.17) is 17.3 Å². The van der Waals surface area contributed by atoms with Crippen LogP contribution in [0, 0.1) is 5.82 Å². The molecule has 1 aromatic heterocycles. The van der Waals surface area contributed by atoms with Gasteiger partial charge in [0.15, 0.2) is 0 Å². The third kappa shape index (κ3) is 5.38. The molecule has 6 nitrogen and oxygen atoms in total. The minimum atomic E-state index is -0.726. The first-order chi connectivity index (χ1) is 16.4. The molecule has 1 amide bonds. The molecule has 1 saturated carbocycles. The Morgan fingerprint density at radius 2 is 1.94 bits per heavy atom. The van der Waals surface area contributed by atoms with Crippen LogP contribution in [0.25, 0.3) is 11.1 Å². The SMILES string of the molecule is Nc1ncc(C2CCC(O)CC2)cc1-c1ccc(C(=O)NC(CO)c2cccc(Cl)c2)c(F)c1. The topological polar surface area (TPSA) is 108 Å². The summed E-state index contributed by atoms with van der Waals surface area (Å²) in [6.07, 6.45) is 4.69. The fourth-order valence-electron chi connectivity index (χ4n) is 4.42. The molecule has 0 radical (unpaired) electrons. The van der Waals surface area contributed by atoms with Gasteiger partial charge in [0, 0.05) is 16.8 Å². The minimum absolute atomic E-state index is 0.145. The first-order valence-corrected chi connectivity index (χ1v) is 11.6. The fourth-order valence-corrected chi connectivity index (χ4v) is 4.61. The summed E-state index contributed by atoms with van der Waals surface area (Å²) in [4.78, 5) is 17.0. The smallest absolute Gasteiger partial charge is 0.254 e. The number of aliphatic hydroxyl groups is 2. The van der Waals surface area contributed by atoms with Gasteiger partial charge < -0.3 is 21.3 Å². The molecule has 1 heterocycles. The molecule has 34 heavy (non-hydrogen) atoms. The number of anilines is 1. The summed E-state index contributed by atoms with van der Waals surface area (Å²) in [6.45, 7) is -0.362. The summed E-state index contributed by atoms with van der Waals surface area (Å²) < 4.78 is 15.0. The molecule has 0 bridgehead atoms. The van der Waals surface area contributed by atoms with Crippen molar-refractivity contribution in [2.45, 2.75) is 43.7 Å². The number of hydrogen-bond donors (Lipinski definition) is 4. The second-order valence-electron chi connectivity index (χ2n) is 8.67. The van der Waals surface area contributed by atoms with Crippen molar-refractivity contribution >= 4 is 23.3 Å². The van der Waals surface area contributed by atoms with E-state index in [1.54, 1.807) is 36.5 Å². The Bertz CT molecular complexity index is 1180. The Morgan fingerprint density at radius 3 is 2.62 bits per heavy atom. The zero-order valence-electron chi connectivity index (χ0n) is 18.5. The Balaban J connectivity index is 1.55. The number of nitrogens with one attached hydrogen (secondary N) is 1. The lowest BCUT2D eigenvalue weighted by atomic mass is 9.83. The summed E-state index contributed by atoms with van der Waals surface area (Å²) in [5, 5.41) is 22.6. The van der Waals surface area contributed by atoms with Crippen LogP contribution < -0.4 is 11.1 Å². The van der Waals surface area contributed by atoms with Crippen molar-refractivity contribution in [3.8, 4) is 11.1 Å². The van der Waals surface area contributed by atoms with E-state index in [1.165, 1.54) is 12.1 Å². The highest BCUT2D eigenvalue weighted by Crippen LogP contribution is 2.36. The van der Waals surface area contributed by atoms with Crippen molar-refractivity contribution in [3.05, 3.63) is 82.3 Å². The lowest BCUT2D eigenvalue weighted by molar-refractivity contribution is 0.0912. The third-order valence-electron chi connectivity index (χ3n) is 6.37. The summed E-state index contributed by atoms with van der Waals surface area (Å²) in [5.74, 6) is -0.809. The number of nitrogens with zero attached hydrogens (tertiary/aromatic N) is 1.